The molecule has 2 aliphatic rings. The first kappa shape index (κ1) is 17.3. The summed E-state index contributed by atoms with van der Waals surface area (Å²) in [6.07, 6.45) is 3.24. The minimum absolute atomic E-state index is 0.00975. The highest BCUT2D eigenvalue weighted by Crippen LogP contribution is 2.28. The van der Waals surface area contributed by atoms with Crippen molar-refractivity contribution in [1.82, 2.24) is 29.8 Å². The molecular formula is C19H28N6O. The molecule has 7 nitrogen and oxygen atoms in total. The van der Waals surface area contributed by atoms with Crippen LogP contribution in [0.3, 0.4) is 0 Å². The Kier molecular flexibility index (Phi) is 4.56. The lowest BCUT2D eigenvalue weighted by atomic mass is 9.94. The van der Waals surface area contributed by atoms with Crippen LogP contribution in [0.25, 0.3) is 0 Å². The van der Waals surface area contributed by atoms with Crippen LogP contribution in [0.5, 0.6) is 0 Å². The molecule has 26 heavy (non-hydrogen) atoms. The van der Waals surface area contributed by atoms with Crippen LogP contribution < -0.4 is 5.32 Å². The van der Waals surface area contributed by atoms with Crippen molar-refractivity contribution in [2.45, 2.75) is 52.1 Å². The van der Waals surface area contributed by atoms with Gasteiger partial charge in [0.2, 0.25) is 0 Å². The van der Waals surface area contributed by atoms with E-state index in [1.54, 1.807) is 0 Å². The molecule has 7 heteroatoms. The molecule has 4 rings (SSSR count). The van der Waals surface area contributed by atoms with E-state index in [9.17, 15) is 4.79 Å². The molecule has 1 unspecified atom stereocenters. The predicted molar refractivity (Wildman–Crippen MR) is 99.1 cm³/mol. The SMILES string of the molecule is Cc1nn(C)c(C)c1CN1CCCC(c2cc3n(n2)CCCNC3=O)C1. The van der Waals surface area contributed by atoms with Crippen LogP contribution in [-0.4, -0.2) is 50.0 Å². The molecule has 0 saturated carbocycles. The van der Waals surface area contributed by atoms with Gasteiger partial charge in [0.15, 0.2) is 0 Å². The lowest BCUT2D eigenvalue weighted by Crippen LogP contribution is -2.34. The second-order valence-corrected chi connectivity index (χ2v) is 7.63. The smallest absolute Gasteiger partial charge is 0.269 e. The molecule has 2 aromatic rings. The molecule has 0 aromatic carbocycles. The van der Waals surface area contributed by atoms with Crippen molar-refractivity contribution in [3.05, 3.63) is 34.4 Å². The summed E-state index contributed by atoms with van der Waals surface area (Å²) in [5.74, 6) is 0.406. The van der Waals surface area contributed by atoms with Crippen LogP contribution in [0.1, 0.15) is 58.3 Å². The summed E-state index contributed by atoms with van der Waals surface area (Å²) < 4.78 is 3.86. The third kappa shape index (κ3) is 3.16. The molecule has 0 spiro atoms. The maximum Gasteiger partial charge on any atom is 0.269 e. The standard InChI is InChI=1S/C19H28N6O/c1-13-16(14(2)23(3)21-13)12-24-8-4-6-15(11-24)17-10-18-19(26)20-7-5-9-25(18)22-17/h10,15H,4-9,11-12H2,1-3H3,(H,20,26). The Bertz CT molecular complexity index is 820. The second-order valence-electron chi connectivity index (χ2n) is 7.63. The number of hydrogen-bond acceptors (Lipinski definition) is 4. The Morgan fingerprint density at radius 1 is 1.23 bits per heavy atom. The Labute approximate surface area is 154 Å². The molecule has 1 saturated heterocycles. The summed E-state index contributed by atoms with van der Waals surface area (Å²) in [7, 11) is 2.01. The Morgan fingerprint density at radius 3 is 2.85 bits per heavy atom. The average Bonchev–Trinajstić information content (AvgIpc) is 3.10. The summed E-state index contributed by atoms with van der Waals surface area (Å²) >= 11 is 0. The number of hydrogen-bond donors (Lipinski definition) is 1. The lowest BCUT2D eigenvalue weighted by Gasteiger charge is -2.32. The molecule has 1 fully saturated rings. The third-order valence-electron chi connectivity index (χ3n) is 5.83. The molecule has 4 heterocycles. The maximum atomic E-state index is 12.2. The first-order valence-corrected chi connectivity index (χ1v) is 9.60. The predicted octanol–water partition coefficient (Wildman–Crippen LogP) is 1.75. The zero-order valence-electron chi connectivity index (χ0n) is 16.0. The number of rotatable bonds is 3. The van der Waals surface area contributed by atoms with E-state index in [1.807, 2.05) is 22.5 Å². The average molecular weight is 356 g/mol. The summed E-state index contributed by atoms with van der Waals surface area (Å²) in [5, 5.41) is 12.3. The van der Waals surface area contributed by atoms with E-state index >= 15 is 0 Å². The topological polar surface area (TPSA) is 68.0 Å². The summed E-state index contributed by atoms with van der Waals surface area (Å²) in [4.78, 5) is 14.7. The van der Waals surface area contributed by atoms with E-state index in [1.165, 1.54) is 11.3 Å². The maximum absolute atomic E-state index is 12.2. The van der Waals surface area contributed by atoms with Crippen LogP contribution in [0, 0.1) is 13.8 Å². The van der Waals surface area contributed by atoms with Crippen LogP contribution in [0.2, 0.25) is 0 Å². The van der Waals surface area contributed by atoms with Gasteiger partial charge in [-0.25, -0.2) is 0 Å². The van der Waals surface area contributed by atoms with Gasteiger partial charge in [0.1, 0.15) is 5.69 Å². The number of amides is 1. The van der Waals surface area contributed by atoms with Gasteiger partial charge in [0.05, 0.1) is 11.4 Å². The fourth-order valence-electron chi connectivity index (χ4n) is 4.22. The number of nitrogens with zero attached hydrogens (tertiary/aromatic N) is 5. The van der Waals surface area contributed by atoms with E-state index in [-0.39, 0.29) is 5.91 Å². The highest BCUT2D eigenvalue weighted by Gasteiger charge is 2.27. The van der Waals surface area contributed by atoms with E-state index < -0.39 is 0 Å². The van der Waals surface area contributed by atoms with Gasteiger partial charge in [-0.2, -0.15) is 10.2 Å². The van der Waals surface area contributed by atoms with E-state index in [4.69, 9.17) is 5.10 Å². The number of carbonyl (C=O) groups is 1. The van der Waals surface area contributed by atoms with Gasteiger partial charge in [-0.15, -0.1) is 0 Å². The Morgan fingerprint density at radius 2 is 2.08 bits per heavy atom. The van der Waals surface area contributed by atoms with Crippen molar-refractivity contribution in [2.75, 3.05) is 19.6 Å². The number of likely N-dealkylation sites (tertiary alicyclic amines) is 1. The van der Waals surface area contributed by atoms with E-state index in [0.29, 0.717) is 11.6 Å². The fraction of sp³-hybridized carbons (Fsp3) is 0.632. The number of fused-ring (bicyclic) bond motifs is 1. The number of aromatic nitrogens is 4. The molecule has 0 radical (unpaired) electrons. The number of piperidine rings is 1. The van der Waals surface area contributed by atoms with Gasteiger partial charge >= 0.3 is 0 Å². The van der Waals surface area contributed by atoms with E-state index in [0.717, 1.165) is 63.4 Å². The first-order valence-electron chi connectivity index (χ1n) is 9.60. The molecule has 1 amide bonds. The Hall–Kier alpha value is -2.15. The van der Waals surface area contributed by atoms with Crippen LogP contribution in [0.15, 0.2) is 6.07 Å². The summed E-state index contributed by atoms with van der Waals surface area (Å²) in [6, 6.07) is 2.01. The molecule has 2 aromatic heterocycles. The largest absolute Gasteiger partial charge is 0.351 e. The second kappa shape index (κ2) is 6.87. The van der Waals surface area contributed by atoms with E-state index in [2.05, 4.69) is 29.2 Å². The highest BCUT2D eigenvalue weighted by atomic mass is 16.2. The monoisotopic (exact) mass is 356 g/mol. The zero-order valence-corrected chi connectivity index (χ0v) is 16.0. The van der Waals surface area contributed by atoms with Crippen molar-refractivity contribution in [2.24, 2.45) is 7.05 Å². The van der Waals surface area contributed by atoms with Crippen molar-refractivity contribution in [1.29, 1.82) is 0 Å². The van der Waals surface area contributed by atoms with Crippen LogP contribution in [0.4, 0.5) is 0 Å². The minimum Gasteiger partial charge on any atom is -0.351 e. The summed E-state index contributed by atoms with van der Waals surface area (Å²) in [6.45, 7) is 8.83. The van der Waals surface area contributed by atoms with Crippen molar-refractivity contribution in [3.63, 3.8) is 0 Å². The van der Waals surface area contributed by atoms with Crippen molar-refractivity contribution in [3.8, 4) is 0 Å². The summed E-state index contributed by atoms with van der Waals surface area (Å²) in [5.41, 5.74) is 5.50. The fourth-order valence-corrected chi connectivity index (χ4v) is 4.22. The minimum atomic E-state index is 0.00975. The molecule has 0 aliphatic carbocycles. The highest BCUT2D eigenvalue weighted by molar-refractivity contribution is 5.92. The molecule has 140 valence electrons. The van der Waals surface area contributed by atoms with Crippen molar-refractivity contribution >= 4 is 5.91 Å². The zero-order chi connectivity index (χ0) is 18.3. The lowest BCUT2D eigenvalue weighted by molar-refractivity contribution is 0.0950. The van der Waals surface area contributed by atoms with Crippen LogP contribution in [-0.2, 0) is 20.1 Å². The van der Waals surface area contributed by atoms with Gasteiger partial charge in [-0.05, 0) is 45.7 Å². The Balaban J connectivity index is 1.50. The normalized spacial score (nSPS) is 21.3. The van der Waals surface area contributed by atoms with Gasteiger partial charge in [0.25, 0.3) is 5.91 Å². The van der Waals surface area contributed by atoms with Crippen LogP contribution >= 0.6 is 0 Å². The first-order chi connectivity index (χ1) is 12.5. The molecular weight excluding hydrogens is 328 g/mol. The molecule has 0 bridgehead atoms. The molecule has 2 aliphatic heterocycles. The van der Waals surface area contributed by atoms with Gasteiger partial charge in [-0.3, -0.25) is 19.1 Å². The van der Waals surface area contributed by atoms with Crippen molar-refractivity contribution < 1.29 is 4.79 Å². The third-order valence-corrected chi connectivity index (χ3v) is 5.83. The molecule has 1 N–H and O–H groups in total. The quantitative estimate of drug-likeness (QED) is 0.910. The number of nitrogens with one attached hydrogen (secondary N) is 1. The van der Waals surface area contributed by atoms with Gasteiger partial charge < -0.3 is 5.32 Å². The number of aryl methyl sites for hydroxylation is 3. The molecule has 1 atom stereocenters. The van der Waals surface area contributed by atoms with Gasteiger partial charge in [-0.1, -0.05) is 0 Å². The van der Waals surface area contributed by atoms with Gasteiger partial charge in [0, 0.05) is 50.4 Å². The number of carbonyl (C=O) groups excluding carboxylic acids is 1.